The second-order valence-electron chi connectivity index (χ2n) is 3.21. The lowest BCUT2D eigenvalue weighted by molar-refractivity contribution is 0.546. The first-order valence-corrected chi connectivity index (χ1v) is 4.27. The maximum absolute atomic E-state index is 12.6. The van der Waals surface area contributed by atoms with E-state index in [1.807, 2.05) is 0 Å². The quantitative estimate of drug-likeness (QED) is 0.584. The molecule has 3 nitrogen and oxygen atoms in total. The second kappa shape index (κ2) is 3.41. The van der Waals surface area contributed by atoms with Gasteiger partial charge in [0.25, 0.3) is 0 Å². The number of nitrogens with two attached hydrogens (primary N) is 1. The summed E-state index contributed by atoms with van der Waals surface area (Å²) in [5.74, 6) is 0.0110. The Kier molecular flexibility index (Phi) is 2.26. The number of hydrogen-bond acceptors (Lipinski definition) is 3. The molecule has 1 aromatic carbocycles. The Morgan fingerprint density at radius 2 is 2.00 bits per heavy atom. The van der Waals surface area contributed by atoms with Crippen molar-refractivity contribution in [3.63, 3.8) is 0 Å². The summed E-state index contributed by atoms with van der Waals surface area (Å²) in [5, 5.41) is 0. The summed E-state index contributed by atoms with van der Waals surface area (Å²) in [6.45, 7) is 0.785. The Morgan fingerprint density at radius 1 is 1.31 bits per heavy atom. The molecule has 1 fully saturated rings. The molecule has 13 heavy (non-hydrogen) atoms. The molecule has 0 amide bonds. The summed E-state index contributed by atoms with van der Waals surface area (Å²) >= 11 is 0. The van der Waals surface area contributed by atoms with Crippen LogP contribution >= 0.6 is 0 Å². The van der Waals surface area contributed by atoms with Gasteiger partial charge in [-0.2, -0.15) is 0 Å². The van der Waals surface area contributed by atoms with E-state index in [4.69, 9.17) is 5.73 Å². The third-order valence-electron chi connectivity index (χ3n) is 2.32. The summed E-state index contributed by atoms with van der Waals surface area (Å²) < 4.78 is 12.6. The van der Waals surface area contributed by atoms with Crippen molar-refractivity contribution >= 4 is 0 Å². The second-order valence-corrected chi connectivity index (χ2v) is 3.21. The minimum Gasteiger partial charge on any atom is -0.314 e. The van der Waals surface area contributed by atoms with E-state index >= 15 is 0 Å². The Bertz CT molecular complexity index is 285. The molecule has 0 bridgehead atoms. The SMILES string of the molecule is NC1NNCC1c1ccc(F)cc1. The molecule has 2 rings (SSSR count). The summed E-state index contributed by atoms with van der Waals surface area (Å²) in [5.41, 5.74) is 12.7. The van der Waals surface area contributed by atoms with Gasteiger partial charge < -0.3 is 5.73 Å². The number of hydrogen-bond donors (Lipinski definition) is 3. The van der Waals surface area contributed by atoms with Gasteiger partial charge in [0.1, 0.15) is 5.82 Å². The van der Waals surface area contributed by atoms with Gasteiger partial charge in [-0.15, -0.1) is 0 Å². The molecule has 0 radical (unpaired) electrons. The maximum atomic E-state index is 12.6. The Balaban J connectivity index is 2.20. The molecule has 1 aromatic rings. The highest BCUT2D eigenvalue weighted by atomic mass is 19.1. The number of nitrogens with one attached hydrogen (secondary N) is 2. The van der Waals surface area contributed by atoms with Crippen LogP contribution in [-0.4, -0.2) is 12.7 Å². The van der Waals surface area contributed by atoms with Crippen LogP contribution in [-0.2, 0) is 0 Å². The van der Waals surface area contributed by atoms with Crippen LogP contribution in [0.3, 0.4) is 0 Å². The van der Waals surface area contributed by atoms with E-state index in [0.29, 0.717) is 0 Å². The average Bonchev–Trinajstić information content (AvgIpc) is 2.53. The fourth-order valence-corrected chi connectivity index (χ4v) is 1.55. The summed E-state index contributed by atoms with van der Waals surface area (Å²) in [4.78, 5) is 0. The smallest absolute Gasteiger partial charge is 0.123 e. The molecule has 0 aromatic heterocycles. The first-order chi connectivity index (χ1) is 6.27. The predicted octanol–water partition coefficient (Wildman–Crippen LogP) is 0.302. The number of halogens is 1. The summed E-state index contributed by atoms with van der Waals surface area (Å²) in [7, 11) is 0. The van der Waals surface area contributed by atoms with Crippen molar-refractivity contribution in [3.05, 3.63) is 35.6 Å². The van der Waals surface area contributed by atoms with E-state index in [2.05, 4.69) is 10.9 Å². The minimum atomic E-state index is -0.212. The van der Waals surface area contributed by atoms with E-state index in [1.54, 1.807) is 12.1 Å². The van der Waals surface area contributed by atoms with E-state index < -0.39 is 0 Å². The normalized spacial score (nSPS) is 27.8. The highest BCUT2D eigenvalue weighted by molar-refractivity contribution is 5.23. The number of hydrazine groups is 1. The third-order valence-corrected chi connectivity index (χ3v) is 2.32. The summed E-state index contributed by atoms with van der Waals surface area (Å²) in [6.07, 6.45) is -0.0922. The molecule has 1 aliphatic heterocycles. The lowest BCUT2D eigenvalue weighted by Crippen LogP contribution is -2.38. The highest BCUT2D eigenvalue weighted by Crippen LogP contribution is 2.19. The average molecular weight is 181 g/mol. The minimum absolute atomic E-state index is 0.0922. The zero-order valence-electron chi connectivity index (χ0n) is 7.13. The van der Waals surface area contributed by atoms with Crippen molar-refractivity contribution in [2.75, 3.05) is 6.54 Å². The topological polar surface area (TPSA) is 50.1 Å². The molecule has 1 aliphatic rings. The van der Waals surface area contributed by atoms with Gasteiger partial charge in [0, 0.05) is 12.5 Å². The maximum Gasteiger partial charge on any atom is 0.123 e. The molecule has 2 unspecified atom stereocenters. The number of rotatable bonds is 1. The van der Waals surface area contributed by atoms with E-state index in [9.17, 15) is 4.39 Å². The van der Waals surface area contributed by atoms with Gasteiger partial charge in [-0.3, -0.25) is 5.43 Å². The molecule has 1 heterocycles. The molecular weight excluding hydrogens is 169 g/mol. The fraction of sp³-hybridized carbons (Fsp3) is 0.333. The van der Waals surface area contributed by atoms with Crippen LogP contribution in [0.15, 0.2) is 24.3 Å². The van der Waals surface area contributed by atoms with Crippen LogP contribution in [0.5, 0.6) is 0 Å². The molecule has 4 heteroatoms. The van der Waals surface area contributed by atoms with Crippen LogP contribution < -0.4 is 16.6 Å². The first kappa shape index (κ1) is 8.62. The molecular formula is C9H12FN3. The van der Waals surface area contributed by atoms with Gasteiger partial charge in [0.05, 0.1) is 6.17 Å². The van der Waals surface area contributed by atoms with E-state index in [1.165, 1.54) is 12.1 Å². The first-order valence-electron chi connectivity index (χ1n) is 4.27. The van der Waals surface area contributed by atoms with Gasteiger partial charge in [-0.1, -0.05) is 12.1 Å². The van der Waals surface area contributed by atoms with Crippen LogP contribution in [0, 0.1) is 5.82 Å². The third kappa shape index (κ3) is 1.70. The van der Waals surface area contributed by atoms with Gasteiger partial charge in [-0.25, -0.2) is 9.82 Å². The molecule has 0 aliphatic carbocycles. The van der Waals surface area contributed by atoms with Crippen molar-refractivity contribution in [1.82, 2.24) is 10.9 Å². The van der Waals surface area contributed by atoms with Gasteiger partial charge in [0.2, 0.25) is 0 Å². The fourth-order valence-electron chi connectivity index (χ4n) is 1.55. The highest BCUT2D eigenvalue weighted by Gasteiger charge is 2.24. The molecule has 0 saturated carbocycles. The van der Waals surface area contributed by atoms with Crippen LogP contribution in [0.2, 0.25) is 0 Å². The van der Waals surface area contributed by atoms with E-state index in [-0.39, 0.29) is 17.9 Å². The Labute approximate surface area is 76.1 Å². The molecule has 1 saturated heterocycles. The van der Waals surface area contributed by atoms with Crippen molar-refractivity contribution in [1.29, 1.82) is 0 Å². The Morgan fingerprint density at radius 3 is 2.54 bits per heavy atom. The van der Waals surface area contributed by atoms with Gasteiger partial charge in [-0.05, 0) is 17.7 Å². The van der Waals surface area contributed by atoms with Gasteiger partial charge >= 0.3 is 0 Å². The number of benzene rings is 1. The lowest BCUT2D eigenvalue weighted by Gasteiger charge is -2.13. The Hall–Kier alpha value is -0.970. The van der Waals surface area contributed by atoms with Crippen molar-refractivity contribution < 1.29 is 4.39 Å². The summed E-state index contributed by atoms with van der Waals surface area (Å²) in [6, 6.07) is 6.46. The van der Waals surface area contributed by atoms with Crippen LogP contribution in [0.1, 0.15) is 11.5 Å². The largest absolute Gasteiger partial charge is 0.314 e. The zero-order valence-corrected chi connectivity index (χ0v) is 7.13. The van der Waals surface area contributed by atoms with Crippen LogP contribution in [0.4, 0.5) is 4.39 Å². The molecule has 0 spiro atoms. The van der Waals surface area contributed by atoms with Crippen molar-refractivity contribution in [2.24, 2.45) is 5.73 Å². The molecule has 4 N–H and O–H groups in total. The van der Waals surface area contributed by atoms with Crippen molar-refractivity contribution in [3.8, 4) is 0 Å². The van der Waals surface area contributed by atoms with E-state index in [0.717, 1.165) is 12.1 Å². The zero-order chi connectivity index (χ0) is 9.26. The predicted molar refractivity (Wildman–Crippen MR) is 48.3 cm³/mol. The van der Waals surface area contributed by atoms with Crippen molar-refractivity contribution in [2.45, 2.75) is 12.1 Å². The standard InChI is InChI=1S/C9H12FN3/c10-7-3-1-6(2-4-7)8-5-12-13-9(8)11/h1-4,8-9,12-13H,5,11H2. The molecule has 2 atom stereocenters. The van der Waals surface area contributed by atoms with Gasteiger partial charge in [0.15, 0.2) is 0 Å². The lowest BCUT2D eigenvalue weighted by atomic mass is 9.98. The monoisotopic (exact) mass is 181 g/mol. The van der Waals surface area contributed by atoms with Crippen LogP contribution in [0.25, 0.3) is 0 Å². The molecule has 70 valence electrons.